The van der Waals surface area contributed by atoms with E-state index in [1.54, 1.807) is 19.2 Å². The molecule has 0 aliphatic rings. The molecule has 19 heavy (non-hydrogen) atoms. The number of hydrogen-bond acceptors (Lipinski definition) is 4. The fourth-order valence-electron chi connectivity index (χ4n) is 1.18. The van der Waals surface area contributed by atoms with Gasteiger partial charge >= 0.3 is 0 Å². The van der Waals surface area contributed by atoms with E-state index >= 15 is 0 Å². The molecular weight excluding hydrogens is 242 g/mol. The molecule has 0 atom stereocenters. The zero-order valence-corrected chi connectivity index (χ0v) is 11.6. The average molecular weight is 260 g/mol. The largest absolute Gasteiger partial charge is 0.355 e. The van der Waals surface area contributed by atoms with Crippen LogP contribution in [0.5, 0.6) is 0 Å². The Morgan fingerprint density at radius 2 is 1.84 bits per heavy atom. The number of tetrazole rings is 1. The van der Waals surface area contributed by atoms with Gasteiger partial charge in [-0.2, -0.15) is 5.21 Å². The third-order valence-corrected chi connectivity index (χ3v) is 2.25. The van der Waals surface area contributed by atoms with Crippen LogP contribution in [-0.2, 0) is 5.41 Å². The molecule has 0 unspecified atom stereocenters. The van der Waals surface area contributed by atoms with E-state index in [0.717, 1.165) is 0 Å². The summed E-state index contributed by atoms with van der Waals surface area (Å²) in [5.41, 5.74) is 0.675. The van der Waals surface area contributed by atoms with E-state index in [9.17, 15) is 4.79 Å². The lowest BCUT2D eigenvalue weighted by Crippen LogP contribution is -2.17. The molecule has 0 spiro atoms. The third kappa shape index (κ3) is 4.87. The van der Waals surface area contributed by atoms with Crippen LogP contribution < -0.4 is 10.4 Å². The van der Waals surface area contributed by atoms with Crippen molar-refractivity contribution in [3.8, 4) is 0 Å². The molecule has 0 saturated carbocycles. The maximum Gasteiger partial charge on any atom is 0.251 e. The molecule has 6 heteroatoms. The zero-order chi connectivity index (χ0) is 14.3. The Morgan fingerprint density at radius 1 is 1.21 bits per heavy atom. The summed E-state index contributed by atoms with van der Waals surface area (Å²) in [4.78, 5) is 10.9. The first kappa shape index (κ1) is 14.8. The summed E-state index contributed by atoms with van der Waals surface area (Å²) in [5.74, 6) is 0.656. The van der Waals surface area contributed by atoms with Gasteiger partial charge in [0.2, 0.25) is 0 Å². The van der Waals surface area contributed by atoms with Crippen LogP contribution in [-0.4, -0.2) is 28.5 Å². The molecule has 2 rings (SSSR count). The summed E-state index contributed by atoms with van der Waals surface area (Å²) in [5, 5.41) is 16.7. The normalized spacial score (nSPS) is 10.3. The predicted octanol–water partition coefficient (Wildman–Crippen LogP) is 1.17. The highest BCUT2D eigenvalue weighted by molar-refractivity contribution is 5.93. The van der Waals surface area contributed by atoms with Gasteiger partial charge in [0.05, 0.1) is 0 Å². The van der Waals surface area contributed by atoms with Gasteiger partial charge < -0.3 is 10.4 Å². The van der Waals surface area contributed by atoms with Crippen LogP contribution >= 0.6 is 0 Å². The van der Waals surface area contributed by atoms with Crippen molar-refractivity contribution in [3.63, 3.8) is 0 Å². The number of amides is 1. The fraction of sp³-hybridized carbons (Fsp3) is 0.385. The van der Waals surface area contributed by atoms with Crippen molar-refractivity contribution >= 4 is 5.91 Å². The summed E-state index contributed by atoms with van der Waals surface area (Å²) in [6, 6.07) is 9.11. The molecule has 0 aliphatic heterocycles. The van der Waals surface area contributed by atoms with Gasteiger partial charge in [-0.15, -0.1) is 0 Å². The van der Waals surface area contributed by atoms with Gasteiger partial charge in [-0.05, 0) is 17.5 Å². The number of carbonyl (C=O) groups excluding carboxylic acids is 1. The molecule has 2 aromatic rings. The topological polar surface area (TPSA) is 81.9 Å². The minimum absolute atomic E-state index is 0.0243. The minimum atomic E-state index is -0.0411. The second-order valence-electron chi connectivity index (χ2n) is 4.90. The molecule has 6 nitrogen and oxygen atoms in total. The Balaban J connectivity index is 0.000000191. The van der Waals surface area contributed by atoms with E-state index < -0.39 is 0 Å². The molecule has 1 aromatic carbocycles. The molecule has 0 aliphatic carbocycles. The Labute approximate surface area is 112 Å². The van der Waals surface area contributed by atoms with E-state index in [2.05, 4.69) is 25.9 Å². The number of hydrogen-bond donors (Lipinski definition) is 1. The highest BCUT2D eigenvalue weighted by Crippen LogP contribution is 2.14. The Hall–Kier alpha value is -2.24. The van der Waals surface area contributed by atoms with Crippen molar-refractivity contribution in [1.82, 2.24) is 25.9 Å². The van der Waals surface area contributed by atoms with Crippen molar-refractivity contribution in [2.24, 2.45) is 0 Å². The van der Waals surface area contributed by atoms with E-state index in [1.165, 1.54) is 0 Å². The molecule has 102 valence electrons. The minimum Gasteiger partial charge on any atom is -0.355 e. The number of nitrogens with zero attached hydrogens (tertiary/aromatic N) is 4. The molecule has 1 aromatic heterocycles. The van der Waals surface area contributed by atoms with Gasteiger partial charge in [-0.25, -0.2) is 0 Å². The summed E-state index contributed by atoms with van der Waals surface area (Å²) >= 11 is 0. The lowest BCUT2D eigenvalue weighted by atomic mass is 9.96. The Bertz CT molecular complexity index is 488. The van der Waals surface area contributed by atoms with Crippen molar-refractivity contribution in [2.75, 3.05) is 7.05 Å². The number of aromatic nitrogens is 4. The van der Waals surface area contributed by atoms with Crippen molar-refractivity contribution in [2.45, 2.75) is 26.2 Å². The van der Waals surface area contributed by atoms with Crippen molar-refractivity contribution in [1.29, 1.82) is 0 Å². The van der Waals surface area contributed by atoms with Gasteiger partial charge in [0.25, 0.3) is 5.91 Å². The zero-order valence-electron chi connectivity index (χ0n) is 11.6. The first-order valence-electron chi connectivity index (χ1n) is 5.91. The number of benzene rings is 1. The van der Waals surface area contributed by atoms with Crippen LogP contribution in [0.3, 0.4) is 0 Å². The summed E-state index contributed by atoms with van der Waals surface area (Å²) in [7, 11) is 1.62. The van der Waals surface area contributed by atoms with Gasteiger partial charge in [0.15, 0.2) is 0 Å². The quantitative estimate of drug-likeness (QED) is 0.832. The second-order valence-corrected chi connectivity index (χ2v) is 4.90. The van der Waals surface area contributed by atoms with Crippen molar-refractivity contribution in [3.05, 3.63) is 41.7 Å². The first-order valence-corrected chi connectivity index (χ1v) is 5.91. The second kappa shape index (κ2) is 6.63. The molecule has 0 saturated heterocycles. The van der Waals surface area contributed by atoms with Crippen LogP contribution in [0.2, 0.25) is 0 Å². The average Bonchev–Trinajstić information content (AvgIpc) is 2.93. The van der Waals surface area contributed by atoms with Gasteiger partial charge in [-0.1, -0.05) is 39.0 Å². The van der Waals surface area contributed by atoms with Gasteiger partial charge in [-0.3, -0.25) is 15.1 Å². The molecule has 1 amide bonds. The maximum atomic E-state index is 10.9. The van der Waals surface area contributed by atoms with Gasteiger partial charge in [0.1, 0.15) is 0 Å². The third-order valence-electron chi connectivity index (χ3n) is 2.25. The molecule has 0 fully saturated rings. The van der Waals surface area contributed by atoms with Crippen molar-refractivity contribution < 1.29 is 4.79 Å². The first-order chi connectivity index (χ1) is 8.95. The van der Waals surface area contributed by atoms with Crippen LogP contribution in [0.1, 0.15) is 37.0 Å². The smallest absolute Gasteiger partial charge is 0.251 e. The molecular formula is C13H18N5O-. The fourth-order valence-corrected chi connectivity index (χ4v) is 1.18. The summed E-state index contributed by atoms with van der Waals surface area (Å²) < 4.78 is 0. The Morgan fingerprint density at radius 3 is 2.21 bits per heavy atom. The lowest BCUT2D eigenvalue weighted by molar-refractivity contribution is 0.0963. The van der Waals surface area contributed by atoms with Crippen LogP contribution in [0.4, 0.5) is 0 Å². The summed E-state index contributed by atoms with van der Waals surface area (Å²) in [6.07, 6.45) is 0. The number of nitrogens with one attached hydrogen (secondary N) is 1. The highest BCUT2D eigenvalue weighted by atomic mass is 16.1. The lowest BCUT2D eigenvalue weighted by Gasteiger charge is -2.16. The number of carbonyl (C=O) groups is 1. The predicted molar refractivity (Wildman–Crippen MR) is 71.7 cm³/mol. The van der Waals surface area contributed by atoms with E-state index in [4.69, 9.17) is 0 Å². The highest BCUT2D eigenvalue weighted by Gasteiger charge is 2.10. The van der Waals surface area contributed by atoms with Crippen LogP contribution in [0.25, 0.3) is 0 Å². The molecule has 1 N–H and O–H groups in total. The molecule has 0 radical (unpaired) electrons. The standard InChI is InChI=1S/C8H9NO.C5H9N4/c1-9-8(10)7-5-3-2-4-6-7;1-5(2,3)4-6-8-9-7-4/h2-6H,1H3,(H,9,10);1-3H3/q;-1. The Kier molecular flexibility index (Phi) is 5.17. The maximum absolute atomic E-state index is 10.9. The molecule has 0 bridgehead atoms. The molecule has 1 heterocycles. The number of rotatable bonds is 1. The van der Waals surface area contributed by atoms with E-state index in [0.29, 0.717) is 11.4 Å². The monoisotopic (exact) mass is 260 g/mol. The van der Waals surface area contributed by atoms with E-state index in [-0.39, 0.29) is 11.3 Å². The van der Waals surface area contributed by atoms with Crippen LogP contribution in [0.15, 0.2) is 30.3 Å². The van der Waals surface area contributed by atoms with Crippen LogP contribution in [0, 0.1) is 0 Å². The van der Waals surface area contributed by atoms with E-state index in [1.807, 2.05) is 39.0 Å². The van der Waals surface area contributed by atoms with Gasteiger partial charge in [0, 0.05) is 18.4 Å². The summed E-state index contributed by atoms with van der Waals surface area (Å²) in [6.45, 7) is 6.06. The SMILES string of the molecule is CC(C)(C)c1nnn[n-]1.CNC(=O)c1ccccc1.